The Bertz CT molecular complexity index is 554. The predicted octanol–water partition coefficient (Wildman–Crippen LogP) is 7.05. The Labute approximate surface area is 219 Å². The maximum absolute atomic E-state index is 11.0. The first-order valence-corrected chi connectivity index (χ1v) is 14.5. The van der Waals surface area contributed by atoms with Gasteiger partial charge in [-0.1, -0.05) is 83.6 Å². The van der Waals surface area contributed by atoms with Gasteiger partial charge in [0.1, 0.15) is 0 Å². The first kappa shape index (κ1) is 34.1. The van der Waals surface area contributed by atoms with Crippen LogP contribution in [0.15, 0.2) is 12.2 Å². The summed E-state index contributed by atoms with van der Waals surface area (Å²) in [5.41, 5.74) is 0. The Balaban J connectivity index is 4.42. The predicted molar refractivity (Wildman–Crippen MR) is 145 cm³/mol. The van der Waals surface area contributed by atoms with Crippen molar-refractivity contribution in [1.82, 2.24) is 0 Å². The molecule has 0 aliphatic rings. The second-order valence-electron chi connectivity index (χ2n) is 10.3. The number of quaternary nitrogens is 1. The molecule has 0 aromatic carbocycles. The lowest BCUT2D eigenvalue weighted by Crippen LogP contribution is -2.50. The van der Waals surface area contributed by atoms with Crippen molar-refractivity contribution in [1.29, 1.82) is 0 Å². The van der Waals surface area contributed by atoms with E-state index in [0.29, 0.717) is 49.9 Å². The molecule has 0 rings (SSSR count). The van der Waals surface area contributed by atoms with Crippen LogP contribution in [0.4, 0.5) is 0 Å². The molecule has 7 heteroatoms. The van der Waals surface area contributed by atoms with Crippen LogP contribution in [-0.4, -0.2) is 63.9 Å². The van der Waals surface area contributed by atoms with Crippen molar-refractivity contribution >= 4 is 17.9 Å². The molecule has 0 bridgehead atoms. The maximum atomic E-state index is 11.0. The normalized spacial score (nSPS) is 11.8. The van der Waals surface area contributed by atoms with Gasteiger partial charge in [0, 0.05) is 19.3 Å². The molecule has 36 heavy (non-hydrogen) atoms. The van der Waals surface area contributed by atoms with E-state index in [9.17, 15) is 14.4 Å². The van der Waals surface area contributed by atoms with Crippen LogP contribution in [0.3, 0.4) is 0 Å². The standard InChI is InChI=1S/C29H53NO6/c1-2-3-4-5-6-7-8-9-10-11-12-13-14-15-16-23-30(24-17-20-27(31)32,25-18-21-28(33)34)26-19-22-29(35)36/h15-16H,2-14,17-26H2,1H3,(H2-,31,32,33,34,35,36)/p+1/b16-15+. The smallest absolute Gasteiger partial charge is 0.303 e. The van der Waals surface area contributed by atoms with Crippen LogP contribution in [0.1, 0.15) is 129 Å². The van der Waals surface area contributed by atoms with Gasteiger partial charge in [-0.2, -0.15) is 0 Å². The SMILES string of the molecule is CCCCCCCCCCCCCC/C=C/C[N+](CCCC(=O)O)(CCCC(=O)O)CCCC(=O)O. The highest BCUT2D eigenvalue weighted by Gasteiger charge is 2.26. The van der Waals surface area contributed by atoms with E-state index in [1.165, 1.54) is 70.6 Å². The van der Waals surface area contributed by atoms with Crippen LogP contribution in [0.2, 0.25) is 0 Å². The molecule has 0 fully saturated rings. The van der Waals surface area contributed by atoms with Crippen molar-refractivity contribution in [2.45, 2.75) is 129 Å². The number of carbonyl (C=O) groups is 3. The first-order chi connectivity index (χ1) is 17.3. The van der Waals surface area contributed by atoms with Crippen molar-refractivity contribution in [3.63, 3.8) is 0 Å². The summed E-state index contributed by atoms with van der Waals surface area (Å²) in [4.78, 5) is 33.1. The Hall–Kier alpha value is -1.89. The molecule has 0 aliphatic heterocycles. The van der Waals surface area contributed by atoms with E-state index in [1.54, 1.807) is 0 Å². The molecule has 0 atom stereocenters. The molecule has 0 radical (unpaired) electrons. The minimum absolute atomic E-state index is 0.0699. The fourth-order valence-corrected chi connectivity index (χ4v) is 4.83. The molecular weight excluding hydrogens is 458 g/mol. The Morgan fingerprint density at radius 1 is 0.528 bits per heavy atom. The Morgan fingerprint density at radius 3 is 1.25 bits per heavy atom. The molecule has 0 aromatic rings. The molecule has 0 aliphatic carbocycles. The highest BCUT2D eigenvalue weighted by Crippen LogP contribution is 2.17. The number of aliphatic carboxylic acids is 3. The Kier molecular flexibility index (Phi) is 22.3. The zero-order valence-electron chi connectivity index (χ0n) is 22.9. The summed E-state index contributed by atoms with van der Waals surface area (Å²) in [6.45, 7) is 4.80. The van der Waals surface area contributed by atoms with E-state index < -0.39 is 17.9 Å². The number of allylic oxidation sites excluding steroid dienone is 1. The minimum Gasteiger partial charge on any atom is -0.481 e. The molecule has 0 amide bonds. The van der Waals surface area contributed by atoms with Gasteiger partial charge >= 0.3 is 17.9 Å². The fourth-order valence-electron chi connectivity index (χ4n) is 4.83. The summed E-state index contributed by atoms with van der Waals surface area (Å²) in [5, 5.41) is 27.1. The number of unbranched alkanes of at least 4 members (excludes halogenated alkanes) is 12. The third-order valence-corrected chi connectivity index (χ3v) is 6.95. The second kappa shape index (κ2) is 23.5. The molecule has 0 aromatic heterocycles. The summed E-state index contributed by atoms with van der Waals surface area (Å²) in [7, 11) is 0. The molecule has 0 unspecified atom stereocenters. The van der Waals surface area contributed by atoms with Crippen LogP contribution in [0.25, 0.3) is 0 Å². The van der Waals surface area contributed by atoms with Gasteiger partial charge < -0.3 is 19.8 Å². The van der Waals surface area contributed by atoms with E-state index in [4.69, 9.17) is 15.3 Å². The molecule has 0 saturated carbocycles. The zero-order chi connectivity index (χ0) is 26.9. The van der Waals surface area contributed by atoms with Gasteiger partial charge in [0.15, 0.2) is 0 Å². The largest absolute Gasteiger partial charge is 0.481 e. The molecular formula is C29H54NO6+. The van der Waals surface area contributed by atoms with Gasteiger partial charge in [-0.05, 0) is 18.9 Å². The van der Waals surface area contributed by atoms with Gasteiger partial charge in [0.2, 0.25) is 0 Å². The topological polar surface area (TPSA) is 112 Å². The van der Waals surface area contributed by atoms with Crippen molar-refractivity contribution in [3.05, 3.63) is 12.2 Å². The zero-order valence-corrected chi connectivity index (χ0v) is 22.9. The number of nitrogens with zero attached hydrogens (tertiary/aromatic N) is 1. The van der Waals surface area contributed by atoms with E-state index >= 15 is 0 Å². The van der Waals surface area contributed by atoms with Crippen molar-refractivity contribution < 1.29 is 34.2 Å². The number of carboxylic acid groups (broad SMARTS) is 3. The monoisotopic (exact) mass is 512 g/mol. The van der Waals surface area contributed by atoms with Crippen molar-refractivity contribution in [3.8, 4) is 0 Å². The average Bonchev–Trinajstić information content (AvgIpc) is 2.80. The van der Waals surface area contributed by atoms with Gasteiger partial charge in [-0.25, -0.2) is 0 Å². The van der Waals surface area contributed by atoms with Gasteiger partial charge in [-0.15, -0.1) is 0 Å². The number of rotatable bonds is 27. The van der Waals surface area contributed by atoms with E-state index in [2.05, 4.69) is 19.1 Å². The number of hydrogen-bond acceptors (Lipinski definition) is 3. The summed E-state index contributed by atoms with van der Waals surface area (Å²) < 4.78 is 0.558. The summed E-state index contributed by atoms with van der Waals surface area (Å²) >= 11 is 0. The first-order valence-electron chi connectivity index (χ1n) is 14.5. The lowest BCUT2D eigenvalue weighted by atomic mass is 10.0. The lowest BCUT2D eigenvalue weighted by molar-refractivity contribution is -0.923. The quantitative estimate of drug-likeness (QED) is 0.0618. The number of hydrogen-bond donors (Lipinski definition) is 3. The van der Waals surface area contributed by atoms with Gasteiger partial charge in [0.05, 0.1) is 45.4 Å². The summed E-state index contributed by atoms with van der Waals surface area (Å²) in [6.07, 6.45) is 22.9. The van der Waals surface area contributed by atoms with Crippen LogP contribution < -0.4 is 0 Å². The third-order valence-electron chi connectivity index (χ3n) is 6.95. The van der Waals surface area contributed by atoms with E-state index in [1.807, 2.05) is 0 Å². The fraction of sp³-hybridized carbons (Fsp3) is 0.828. The summed E-state index contributed by atoms with van der Waals surface area (Å²) in [6, 6.07) is 0. The van der Waals surface area contributed by atoms with E-state index in [0.717, 1.165) is 12.8 Å². The molecule has 0 spiro atoms. The lowest BCUT2D eigenvalue weighted by Gasteiger charge is -2.38. The molecule has 0 heterocycles. The van der Waals surface area contributed by atoms with Crippen LogP contribution in [0, 0.1) is 0 Å². The second-order valence-corrected chi connectivity index (χ2v) is 10.3. The molecule has 3 N–H and O–H groups in total. The van der Waals surface area contributed by atoms with Gasteiger partial charge in [0.25, 0.3) is 0 Å². The average molecular weight is 513 g/mol. The van der Waals surface area contributed by atoms with Crippen LogP contribution in [-0.2, 0) is 14.4 Å². The van der Waals surface area contributed by atoms with Crippen molar-refractivity contribution in [2.24, 2.45) is 0 Å². The highest BCUT2D eigenvalue weighted by molar-refractivity contribution is 5.67. The van der Waals surface area contributed by atoms with Crippen molar-refractivity contribution in [2.75, 3.05) is 26.2 Å². The van der Waals surface area contributed by atoms with E-state index in [-0.39, 0.29) is 19.3 Å². The maximum Gasteiger partial charge on any atom is 0.303 e. The minimum atomic E-state index is -0.841. The number of carboxylic acids is 3. The van der Waals surface area contributed by atoms with Crippen LogP contribution in [0.5, 0.6) is 0 Å². The summed E-state index contributed by atoms with van der Waals surface area (Å²) in [5.74, 6) is -2.52. The highest BCUT2D eigenvalue weighted by atomic mass is 16.4. The Morgan fingerprint density at radius 2 is 0.889 bits per heavy atom. The van der Waals surface area contributed by atoms with Gasteiger partial charge in [-0.3, -0.25) is 14.4 Å². The third kappa shape index (κ3) is 22.6. The molecule has 0 saturated heterocycles. The van der Waals surface area contributed by atoms with Crippen LogP contribution >= 0.6 is 0 Å². The molecule has 210 valence electrons. The molecule has 7 nitrogen and oxygen atoms in total.